The molecule has 2 aromatic heterocycles. The molecule has 174 valence electrons. The van der Waals surface area contributed by atoms with Crippen LogP contribution in [-0.4, -0.2) is 20.6 Å². The van der Waals surface area contributed by atoms with E-state index < -0.39 is 11.4 Å². The first kappa shape index (κ1) is 23.0. The molecule has 35 heavy (non-hydrogen) atoms. The highest BCUT2D eigenvalue weighted by molar-refractivity contribution is 7.18. The van der Waals surface area contributed by atoms with Gasteiger partial charge in [0, 0.05) is 17.6 Å². The third kappa shape index (κ3) is 4.76. The van der Waals surface area contributed by atoms with Crippen molar-refractivity contribution in [2.24, 2.45) is 0 Å². The number of hydrogen-bond acceptors (Lipinski definition) is 4. The Morgan fingerprint density at radius 3 is 2.20 bits per heavy atom. The zero-order valence-corrected chi connectivity index (χ0v) is 20.2. The fourth-order valence-corrected chi connectivity index (χ4v) is 5.52. The van der Waals surface area contributed by atoms with E-state index in [4.69, 9.17) is 11.6 Å². The van der Waals surface area contributed by atoms with Crippen molar-refractivity contribution in [3.63, 3.8) is 0 Å². The molecule has 0 saturated heterocycles. The van der Waals surface area contributed by atoms with Gasteiger partial charge in [-0.15, -0.1) is 11.3 Å². The summed E-state index contributed by atoms with van der Waals surface area (Å²) < 4.78 is 1.88. The second-order valence-corrected chi connectivity index (χ2v) is 9.70. The van der Waals surface area contributed by atoms with Gasteiger partial charge in [-0.25, -0.2) is 9.78 Å². The Hall–Kier alpha value is -3.74. The molecule has 1 N–H and O–H groups in total. The van der Waals surface area contributed by atoms with E-state index in [1.807, 2.05) is 89.5 Å². The van der Waals surface area contributed by atoms with Crippen molar-refractivity contribution in [1.82, 2.24) is 9.55 Å². The summed E-state index contributed by atoms with van der Waals surface area (Å²) in [5.74, 6) is -1.26. The number of carboxylic acids is 1. The number of carbonyl (C=O) groups is 1. The molecule has 0 aliphatic rings. The number of fused-ring (bicyclic) bond motifs is 1. The summed E-state index contributed by atoms with van der Waals surface area (Å²) in [5.41, 5.74) is 2.37. The number of aromatic nitrogens is 2. The van der Waals surface area contributed by atoms with E-state index in [-0.39, 0.29) is 17.1 Å². The molecule has 2 heterocycles. The van der Waals surface area contributed by atoms with Crippen LogP contribution in [0.2, 0.25) is 5.02 Å². The third-order valence-corrected chi connectivity index (χ3v) is 7.24. The number of halogens is 1. The predicted octanol–water partition coefficient (Wildman–Crippen LogP) is 6.23. The van der Waals surface area contributed by atoms with Crippen LogP contribution in [0.15, 0.2) is 95.9 Å². The third-order valence-electron chi connectivity index (χ3n) is 5.87. The molecule has 5 rings (SSSR count). The Morgan fingerprint density at radius 1 is 0.943 bits per heavy atom. The summed E-state index contributed by atoms with van der Waals surface area (Å²) in [6.45, 7) is 0. The Kier molecular flexibility index (Phi) is 6.49. The summed E-state index contributed by atoms with van der Waals surface area (Å²) >= 11 is 7.54. The topological polar surface area (TPSA) is 72.2 Å². The molecule has 0 bridgehead atoms. The molecule has 7 heteroatoms. The van der Waals surface area contributed by atoms with Gasteiger partial charge in [-0.1, -0.05) is 84.4 Å². The van der Waals surface area contributed by atoms with Gasteiger partial charge in [0.1, 0.15) is 15.9 Å². The van der Waals surface area contributed by atoms with Crippen LogP contribution in [0.25, 0.3) is 10.3 Å². The van der Waals surface area contributed by atoms with E-state index in [0.29, 0.717) is 22.7 Å². The van der Waals surface area contributed by atoms with Crippen molar-refractivity contribution in [3.05, 3.63) is 134 Å². The van der Waals surface area contributed by atoms with Crippen molar-refractivity contribution in [3.8, 4) is 0 Å². The summed E-state index contributed by atoms with van der Waals surface area (Å²) in [5, 5.41) is 11.3. The fourth-order valence-electron chi connectivity index (χ4n) is 4.24. The van der Waals surface area contributed by atoms with Crippen LogP contribution in [0, 0.1) is 0 Å². The lowest BCUT2D eigenvalue weighted by atomic mass is 9.98. The molecule has 0 saturated carbocycles. The normalized spacial score (nSPS) is 11.3. The largest absolute Gasteiger partial charge is 0.477 e. The highest BCUT2D eigenvalue weighted by atomic mass is 35.5. The number of aryl methyl sites for hydroxylation is 2. The molecule has 5 aromatic rings. The van der Waals surface area contributed by atoms with Crippen LogP contribution in [-0.2, 0) is 12.8 Å². The van der Waals surface area contributed by atoms with Gasteiger partial charge in [0.25, 0.3) is 0 Å². The van der Waals surface area contributed by atoms with Gasteiger partial charge in [0.15, 0.2) is 0 Å². The van der Waals surface area contributed by atoms with Crippen LogP contribution >= 0.6 is 22.9 Å². The molecule has 0 atom stereocenters. The number of carboxylic acid groups (broad SMARTS) is 1. The number of rotatable bonds is 7. The van der Waals surface area contributed by atoms with E-state index in [9.17, 15) is 14.7 Å². The molecular formula is C28H21ClN2O3S. The van der Waals surface area contributed by atoms with Crippen LogP contribution in [0.4, 0.5) is 0 Å². The van der Waals surface area contributed by atoms with Gasteiger partial charge in [-0.3, -0.25) is 4.79 Å². The molecule has 0 unspecified atom stereocenters. The molecule has 0 radical (unpaired) electrons. The van der Waals surface area contributed by atoms with Crippen LogP contribution in [0.5, 0.6) is 0 Å². The first-order valence-electron chi connectivity index (χ1n) is 11.1. The SMILES string of the molecule is O=C(O)c1cn(C(c2ccccc2)c2ccccc2)c2sc(CCc3cccc(Cl)c3)nc2c1=O. The molecule has 0 aliphatic carbocycles. The lowest BCUT2D eigenvalue weighted by Gasteiger charge is -2.23. The highest BCUT2D eigenvalue weighted by Crippen LogP contribution is 2.32. The van der Waals surface area contributed by atoms with E-state index in [1.54, 1.807) is 0 Å². The maximum atomic E-state index is 13.1. The van der Waals surface area contributed by atoms with Crippen LogP contribution < -0.4 is 5.43 Å². The van der Waals surface area contributed by atoms with Gasteiger partial charge in [0.2, 0.25) is 5.43 Å². The maximum absolute atomic E-state index is 13.1. The summed E-state index contributed by atoms with van der Waals surface area (Å²) in [6, 6.07) is 27.0. The molecule has 5 nitrogen and oxygen atoms in total. The number of thiazole rings is 1. The smallest absolute Gasteiger partial charge is 0.341 e. The Morgan fingerprint density at radius 2 is 1.60 bits per heavy atom. The van der Waals surface area contributed by atoms with Crippen LogP contribution in [0.1, 0.15) is 38.1 Å². The van der Waals surface area contributed by atoms with E-state index in [0.717, 1.165) is 21.7 Å². The average Bonchev–Trinajstić information content (AvgIpc) is 3.31. The summed E-state index contributed by atoms with van der Waals surface area (Å²) in [4.78, 5) is 30.4. The minimum Gasteiger partial charge on any atom is -0.477 e. The Labute approximate surface area is 210 Å². The second kappa shape index (κ2) is 9.86. The van der Waals surface area contributed by atoms with Gasteiger partial charge < -0.3 is 9.67 Å². The average molecular weight is 501 g/mol. The molecule has 0 fully saturated rings. The lowest BCUT2D eigenvalue weighted by molar-refractivity contribution is 0.0694. The fraction of sp³-hybridized carbons (Fsp3) is 0.107. The summed E-state index contributed by atoms with van der Waals surface area (Å²) in [7, 11) is 0. The molecular weight excluding hydrogens is 480 g/mol. The van der Waals surface area contributed by atoms with Gasteiger partial charge in [-0.05, 0) is 35.2 Å². The second-order valence-electron chi connectivity index (χ2n) is 8.20. The van der Waals surface area contributed by atoms with E-state index >= 15 is 0 Å². The predicted molar refractivity (Wildman–Crippen MR) is 140 cm³/mol. The van der Waals surface area contributed by atoms with Crippen molar-refractivity contribution in [1.29, 1.82) is 0 Å². The van der Waals surface area contributed by atoms with Crippen molar-refractivity contribution in [2.45, 2.75) is 18.9 Å². The first-order valence-corrected chi connectivity index (χ1v) is 12.3. The number of benzene rings is 3. The monoisotopic (exact) mass is 500 g/mol. The minimum absolute atomic E-state index is 0.188. The molecule has 0 aliphatic heterocycles. The van der Waals surface area contributed by atoms with Crippen LogP contribution in [0.3, 0.4) is 0 Å². The van der Waals surface area contributed by atoms with Gasteiger partial charge in [-0.2, -0.15) is 0 Å². The number of pyridine rings is 1. The summed E-state index contributed by atoms with van der Waals surface area (Å²) in [6.07, 6.45) is 2.78. The van der Waals surface area contributed by atoms with E-state index in [1.165, 1.54) is 17.5 Å². The standard InChI is InChI=1S/C28H21ClN2O3S/c29-21-13-7-8-18(16-21)14-15-23-30-24-26(32)22(28(33)34)17-31(27(24)35-23)25(19-9-3-1-4-10-19)20-11-5-2-6-12-20/h1-13,16-17,25H,14-15H2,(H,33,34). The Balaban J connectivity index is 1.67. The minimum atomic E-state index is -1.26. The first-order chi connectivity index (χ1) is 17.0. The van der Waals surface area contributed by atoms with Gasteiger partial charge >= 0.3 is 5.97 Å². The quantitative estimate of drug-likeness (QED) is 0.287. The van der Waals surface area contributed by atoms with E-state index in [2.05, 4.69) is 4.98 Å². The number of nitrogens with zero attached hydrogens (tertiary/aromatic N) is 2. The zero-order chi connectivity index (χ0) is 24.4. The Bertz CT molecular complexity index is 1520. The molecule has 0 amide bonds. The molecule has 0 spiro atoms. The van der Waals surface area contributed by atoms with Crippen molar-refractivity contribution >= 4 is 39.3 Å². The van der Waals surface area contributed by atoms with Gasteiger partial charge in [0.05, 0.1) is 11.0 Å². The maximum Gasteiger partial charge on any atom is 0.341 e. The zero-order valence-electron chi connectivity index (χ0n) is 18.6. The lowest BCUT2D eigenvalue weighted by Crippen LogP contribution is -2.21. The van der Waals surface area contributed by atoms with Crippen molar-refractivity contribution in [2.75, 3.05) is 0 Å². The molecule has 3 aromatic carbocycles. The highest BCUT2D eigenvalue weighted by Gasteiger charge is 2.24. The number of hydrogen-bond donors (Lipinski definition) is 1. The van der Waals surface area contributed by atoms with Crippen molar-refractivity contribution < 1.29 is 9.90 Å². The number of aromatic carboxylic acids is 1.